The summed E-state index contributed by atoms with van der Waals surface area (Å²) in [6.45, 7) is 6.02. The molecule has 0 bridgehead atoms. The van der Waals surface area contributed by atoms with Gasteiger partial charge in [-0.25, -0.2) is 0 Å². The fourth-order valence-corrected chi connectivity index (χ4v) is 4.52. The van der Waals surface area contributed by atoms with Gasteiger partial charge in [0.2, 0.25) is 0 Å². The molecule has 2 aliphatic carbocycles. The molecule has 0 spiro atoms. The van der Waals surface area contributed by atoms with E-state index in [4.69, 9.17) is 0 Å². The van der Waals surface area contributed by atoms with Gasteiger partial charge < -0.3 is 10.2 Å². The lowest BCUT2D eigenvalue weighted by atomic mass is 9.76. The van der Waals surface area contributed by atoms with Crippen LogP contribution in [-0.2, 0) is 0 Å². The first kappa shape index (κ1) is 16.3. The van der Waals surface area contributed by atoms with Gasteiger partial charge in [-0.05, 0) is 51.6 Å². The fraction of sp³-hybridized carbons (Fsp3) is 1.00. The number of hydrogen-bond acceptors (Lipinski definition) is 2. The van der Waals surface area contributed by atoms with Crippen LogP contribution in [0.15, 0.2) is 0 Å². The zero-order valence-electron chi connectivity index (χ0n) is 14.3. The van der Waals surface area contributed by atoms with E-state index in [1.807, 2.05) is 0 Å². The molecule has 118 valence electrons. The summed E-state index contributed by atoms with van der Waals surface area (Å²) in [4.78, 5) is 2.51. The van der Waals surface area contributed by atoms with Crippen molar-refractivity contribution in [3.63, 3.8) is 0 Å². The molecular weight excluding hydrogens is 244 g/mol. The van der Waals surface area contributed by atoms with E-state index < -0.39 is 0 Å². The molecule has 0 saturated heterocycles. The summed E-state index contributed by atoms with van der Waals surface area (Å²) in [5.41, 5.74) is 0.428. The van der Waals surface area contributed by atoms with E-state index in [2.05, 4.69) is 38.2 Å². The molecule has 20 heavy (non-hydrogen) atoms. The van der Waals surface area contributed by atoms with Gasteiger partial charge in [-0.3, -0.25) is 0 Å². The van der Waals surface area contributed by atoms with E-state index >= 15 is 0 Å². The predicted molar refractivity (Wildman–Crippen MR) is 88.1 cm³/mol. The molecule has 0 aliphatic heterocycles. The monoisotopic (exact) mass is 280 g/mol. The van der Waals surface area contributed by atoms with E-state index in [9.17, 15) is 0 Å². The molecule has 0 aromatic rings. The second-order valence-corrected chi connectivity index (χ2v) is 7.86. The maximum absolute atomic E-state index is 4.00. The molecule has 2 saturated carbocycles. The Morgan fingerprint density at radius 1 is 1.00 bits per heavy atom. The lowest BCUT2D eigenvalue weighted by Gasteiger charge is -2.45. The molecule has 2 nitrogen and oxygen atoms in total. The molecule has 2 heteroatoms. The van der Waals surface area contributed by atoms with Crippen molar-refractivity contribution in [3.05, 3.63) is 0 Å². The molecular formula is C18H36N2. The molecule has 2 rings (SSSR count). The average molecular weight is 280 g/mol. The molecule has 2 aliphatic rings. The number of hydrogen-bond donors (Lipinski definition) is 1. The smallest absolute Gasteiger partial charge is 0.0327 e. The molecule has 0 radical (unpaired) electrons. The fourth-order valence-electron chi connectivity index (χ4n) is 4.52. The lowest BCUT2D eigenvalue weighted by molar-refractivity contribution is 0.0846. The van der Waals surface area contributed by atoms with Crippen LogP contribution in [0.2, 0.25) is 0 Å². The Hall–Kier alpha value is -0.0800. The van der Waals surface area contributed by atoms with Crippen LogP contribution in [-0.4, -0.2) is 37.1 Å². The van der Waals surface area contributed by atoms with Crippen molar-refractivity contribution in [2.75, 3.05) is 20.6 Å². The topological polar surface area (TPSA) is 15.3 Å². The Morgan fingerprint density at radius 2 is 1.65 bits per heavy atom. The van der Waals surface area contributed by atoms with E-state index in [-0.39, 0.29) is 0 Å². The largest absolute Gasteiger partial charge is 0.312 e. The Bertz CT molecular complexity index is 279. The Kier molecular flexibility index (Phi) is 5.92. The average Bonchev–Trinajstić information content (AvgIpc) is 2.46. The summed E-state index contributed by atoms with van der Waals surface area (Å²) < 4.78 is 0. The molecule has 0 amide bonds. The molecule has 0 aromatic heterocycles. The molecule has 2 fully saturated rings. The van der Waals surface area contributed by atoms with Crippen LogP contribution in [0.3, 0.4) is 0 Å². The SMILES string of the molecule is CC(C)C1CCCCC1NCC1(N(C)C)CCCCC1. The lowest BCUT2D eigenvalue weighted by Crippen LogP contribution is -2.56. The van der Waals surface area contributed by atoms with Crippen molar-refractivity contribution in [2.45, 2.75) is 83.2 Å². The van der Waals surface area contributed by atoms with Crippen molar-refractivity contribution in [3.8, 4) is 0 Å². The highest BCUT2D eigenvalue weighted by Gasteiger charge is 2.36. The van der Waals surface area contributed by atoms with Gasteiger partial charge in [0, 0.05) is 18.1 Å². The highest BCUT2D eigenvalue weighted by Crippen LogP contribution is 2.34. The quantitative estimate of drug-likeness (QED) is 0.817. The third-order valence-electron chi connectivity index (χ3n) is 6.10. The Morgan fingerprint density at radius 3 is 2.25 bits per heavy atom. The summed E-state index contributed by atoms with van der Waals surface area (Å²) in [6, 6.07) is 0.766. The van der Waals surface area contributed by atoms with Gasteiger partial charge in [0.25, 0.3) is 0 Å². The third kappa shape index (κ3) is 3.76. The second kappa shape index (κ2) is 7.26. The summed E-state index contributed by atoms with van der Waals surface area (Å²) in [5.74, 6) is 1.72. The maximum atomic E-state index is 4.00. The van der Waals surface area contributed by atoms with Gasteiger partial charge >= 0.3 is 0 Å². The first-order valence-electron chi connectivity index (χ1n) is 8.96. The van der Waals surface area contributed by atoms with E-state index in [1.165, 1.54) is 64.3 Å². The standard InChI is InChI=1S/C18H36N2/c1-15(2)16-10-6-7-11-17(16)19-14-18(20(3)4)12-8-5-9-13-18/h15-17,19H,5-14H2,1-4H3. The van der Waals surface area contributed by atoms with Gasteiger partial charge in [-0.15, -0.1) is 0 Å². The van der Waals surface area contributed by atoms with Crippen molar-refractivity contribution >= 4 is 0 Å². The molecule has 0 heterocycles. The van der Waals surface area contributed by atoms with Crippen LogP contribution in [0, 0.1) is 11.8 Å². The minimum atomic E-state index is 0.428. The van der Waals surface area contributed by atoms with Crippen molar-refractivity contribution in [2.24, 2.45) is 11.8 Å². The second-order valence-electron chi connectivity index (χ2n) is 7.86. The van der Waals surface area contributed by atoms with Gasteiger partial charge in [0.15, 0.2) is 0 Å². The van der Waals surface area contributed by atoms with Gasteiger partial charge in [-0.2, -0.15) is 0 Å². The van der Waals surface area contributed by atoms with Crippen LogP contribution >= 0.6 is 0 Å². The Balaban J connectivity index is 1.94. The summed E-state index contributed by atoms with van der Waals surface area (Å²) >= 11 is 0. The van der Waals surface area contributed by atoms with E-state index in [1.54, 1.807) is 0 Å². The van der Waals surface area contributed by atoms with Crippen molar-refractivity contribution in [1.82, 2.24) is 10.2 Å². The number of likely N-dealkylation sites (N-methyl/N-ethyl adjacent to an activating group) is 1. The van der Waals surface area contributed by atoms with Crippen LogP contribution in [0.25, 0.3) is 0 Å². The highest BCUT2D eigenvalue weighted by atomic mass is 15.2. The molecule has 1 N–H and O–H groups in total. The molecule has 0 aromatic carbocycles. The third-order valence-corrected chi connectivity index (χ3v) is 6.10. The van der Waals surface area contributed by atoms with Crippen LogP contribution < -0.4 is 5.32 Å². The Labute approximate surface area is 126 Å². The summed E-state index contributed by atoms with van der Waals surface area (Å²) in [5, 5.41) is 4.00. The molecule has 2 unspecified atom stereocenters. The van der Waals surface area contributed by atoms with Gasteiger partial charge in [0.05, 0.1) is 0 Å². The van der Waals surface area contributed by atoms with Crippen LogP contribution in [0.1, 0.15) is 71.6 Å². The number of nitrogens with zero attached hydrogens (tertiary/aromatic N) is 1. The summed E-state index contributed by atoms with van der Waals surface area (Å²) in [6.07, 6.45) is 12.7. The van der Waals surface area contributed by atoms with Gasteiger partial charge in [-0.1, -0.05) is 46.0 Å². The minimum Gasteiger partial charge on any atom is -0.312 e. The minimum absolute atomic E-state index is 0.428. The van der Waals surface area contributed by atoms with E-state index in [0.29, 0.717) is 5.54 Å². The number of rotatable bonds is 5. The summed E-state index contributed by atoms with van der Waals surface area (Å²) in [7, 11) is 4.57. The highest BCUT2D eigenvalue weighted by molar-refractivity contribution is 4.95. The maximum Gasteiger partial charge on any atom is 0.0327 e. The van der Waals surface area contributed by atoms with Gasteiger partial charge in [0.1, 0.15) is 0 Å². The zero-order chi connectivity index (χ0) is 14.6. The normalized spacial score (nSPS) is 30.9. The van der Waals surface area contributed by atoms with Crippen LogP contribution in [0.4, 0.5) is 0 Å². The predicted octanol–water partition coefficient (Wildman–Crippen LogP) is 4.06. The van der Waals surface area contributed by atoms with E-state index in [0.717, 1.165) is 17.9 Å². The zero-order valence-corrected chi connectivity index (χ0v) is 14.3. The first-order valence-corrected chi connectivity index (χ1v) is 8.96. The molecule has 2 atom stereocenters. The van der Waals surface area contributed by atoms with Crippen molar-refractivity contribution in [1.29, 1.82) is 0 Å². The van der Waals surface area contributed by atoms with Crippen molar-refractivity contribution < 1.29 is 0 Å². The number of nitrogens with one attached hydrogen (secondary N) is 1. The van der Waals surface area contributed by atoms with Crippen LogP contribution in [0.5, 0.6) is 0 Å². The first-order chi connectivity index (χ1) is 9.55.